The lowest BCUT2D eigenvalue weighted by atomic mass is 9.76. The minimum atomic E-state index is -0.322. The van der Waals surface area contributed by atoms with Crippen molar-refractivity contribution in [3.63, 3.8) is 0 Å². The molecule has 1 unspecified atom stereocenters. The van der Waals surface area contributed by atoms with E-state index in [1.54, 1.807) is 6.92 Å². The van der Waals surface area contributed by atoms with E-state index in [1.807, 2.05) is 0 Å². The van der Waals surface area contributed by atoms with Gasteiger partial charge in [-0.1, -0.05) is 0 Å². The molecule has 0 N–H and O–H groups in total. The van der Waals surface area contributed by atoms with Crippen LogP contribution in [0.15, 0.2) is 4.52 Å². The Hall–Kier alpha value is -1.67. The molecule has 0 amide bonds. The van der Waals surface area contributed by atoms with E-state index in [0.29, 0.717) is 35.9 Å². The van der Waals surface area contributed by atoms with E-state index >= 15 is 0 Å². The van der Waals surface area contributed by atoms with E-state index in [1.165, 1.54) is 12.8 Å². The van der Waals surface area contributed by atoms with Crippen LogP contribution in [0.1, 0.15) is 38.0 Å². The third-order valence-corrected chi connectivity index (χ3v) is 7.84. The third kappa shape index (κ3) is 2.60. The average molecular weight is 388 g/mol. The summed E-state index contributed by atoms with van der Waals surface area (Å²) in [5, 5.41) is 4.01. The summed E-state index contributed by atoms with van der Waals surface area (Å²) >= 11 is 0. The minimum Gasteiger partial charge on any atom is -0.461 e. The monoisotopic (exact) mass is 388 g/mol. The van der Waals surface area contributed by atoms with E-state index in [2.05, 4.69) is 19.9 Å². The fraction of sp³-hybridized carbons (Fsp3) is 0.850. The number of ether oxygens (including phenoxy) is 2. The maximum absolute atomic E-state index is 12.8. The van der Waals surface area contributed by atoms with Crippen LogP contribution in [0, 0.1) is 24.2 Å². The molecule has 5 aliphatic heterocycles. The summed E-state index contributed by atoms with van der Waals surface area (Å²) in [5.74, 6) is 2.61. The van der Waals surface area contributed by atoms with E-state index in [9.17, 15) is 4.79 Å². The summed E-state index contributed by atoms with van der Waals surface area (Å²) < 4.78 is 17.0. The van der Waals surface area contributed by atoms with Gasteiger partial charge in [0, 0.05) is 57.9 Å². The van der Waals surface area contributed by atoms with Crippen LogP contribution in [0.4, 0.5) is 5.95 Å². The number of piperidine rings is 1. The molecule has 6 heterocycles. The predicted octanol–water partition coefficient (Wildman–Crippen LogP) is 1.39. The van der Waals surface area contributed by atoms with Crippen LogP contribution in [-0.2, 0) is 14.3 Å². The van der Waals surface area contributed by atoms with Crippen molar-refractivity contribution in [2.45, 2.75) is 57.3 Å². The number of aryl methyl sites for hydroxylation is 1. The van der Waals surface area contributed by atoms with Gasteiger partial charge in [-0.2, -0.15) is 4.98 Å². The highest BCUT2D eigenvalue weighted by molar-refractivity contribution is 5.79. The standard InChI is InChI=1S/C20H28N4O4/c1-12-21-19(22-28-12)24-6-4-20(5-7-24)8-13(26-18(20)25)9-23-10-14-15(11-23)17-3-2-16(14)27-17/h13-17H,2-11H2,1H3/t13?,14-,15+,16+,17-. The molecule has 6 rings (SSSR count). The van der Waals surface area contributed by atoms with E-state index in [4.69, 9.17) is 14.0 Å². The summed E-state index contributed by atoms with van der Waals surface area (Å²) in [7, 11) is 0. The Kier molecular flexibility index (Phi) is 3.79. The Bertz CT molecular complexity index is 756. The maximum Gasteiger partial charge on any atom is 0.312 e. The van der Waals surface area contributed by atoms with Gasteiger partial charge in [0.25, 0.3) is 5.95 Å². The summed E-state index contributed by atoms with van der Waals surface area (Å²) in [6, 6.07) is 0. The second-order valence-corrected chi connectivity index (χ2v) is 9.45. The molecule has 8 heteroatoms. The van der Waals surface area contributed by atoms with Crippen molar-refractivity contribution in [1.82, 2.24) is 15.0 Å². The molecule has 1 spiro atoms. The number of rotatable bonds is 3. The van der Waals surface area contributed by atoms with Crippen molar-refractivity contribution < 1.29 is 18.8 Å². The number of fused-ring (bicyclic) bond motifs is 5. The molecule has 5 aliphatic rings. The molecule has 0 aromatic carbocycles. The lowest BCUT2D eigenvalue weighted by Gasteiger charge is -2.35. The fourth-order valence-electron chi connectivity index (χ4n) is 6.38. The third-order valence-electron chi connectivity index (χ3n) is 7.84. The van der Waals surface area contributed by atoms with Gasteiger partial charge in [-0.25, -0.2) is 0 Å². The Morgan fingerprint density at radius 1 is 1.14 bits per heavy atom. The van der Waals surface area contributed by atoms with Gasteiger partial charge in [-0.15, -0.1) is 0 Å². The number of nitrogens with zero attached hydrogens (tertiary/aromatic N) is 4. The van der Waals surface area contributed by atoms with Crippen LogP contribution >= 0.6 is 0 Å². The molecule has 5 fully saturated rings. The molecule has 0 saturated carbocycles. The molecule has 28 heavy (non-hydrogen) atoms. The molecule has 2 bridgehead atoms. The van der Waals surface area contributed by atoms with E-state index in [0.717, 1.165) is 52.0 Å². The van der Waals surface area contributed by atoms with Crippen molar-refractivity contribution >= 4 is 11.9 Å². The number of anilines is 1. The number of esters is 1. The van der Waals surface area contributed by atoms with Gasteiger partial charge in [0.05, 0.1) is 17.6 Å². The minimum absolute atomic E-state index is 0.00392. The number of hydrogen-bond donors (Lipinski definition) is 0. The number of hydrogen-bond acceptors (Lipinski definition) is 8. The molecule has 152 valence electrons. The zero-order valence-electron chi connectivity index (χ0n) is 16.4. The second kappa shape index (κ2) is 6.16. The molecule has 0 aliphatic carbocycles. The number of carbonyl (C=O) groups is 1. The van der Waals surface area contributed by atoms with Crippen molar-refractivity contribution in [3.8, 4) is 0 Å². The molecule has 1 aromatic rings. The molecule has 8 nitrogen and oxygen atoms in total. The van der Waals surface area contributed by atoms with Gasteiger partial charge >= 0.3 is 5.97 Å². The van der Waals surface area contributed by atoms with Gasteiger partial charge < -0.3 is 18.9 Å². The lowest BCUT2D eigenvalue weighted by Crippen LogP contribution is -2.43. The Labute approximate surface area is 164 Å². The highest BCUT2D eigenvalue weighted by Gasteiger charge is 2.55. The number of cyclic esters (lactones) is 1. The normalized spacial score (nSPS) is 39.1. The zero-order valence-corrected chi connectivity index (χ0v) is 16.4. The first-order valence-electron chi connectivity index (χ1n) is 10.7. The zero-order chi connectivity index (χ0) is 18.9. The van der Waals surface area contributed by atoms with E-state index in [-0.39, 0.29) is 17.5 Å². The highest BCUT2D eigenvalue weighted by atomic mass is 16.6. The topological polar surface area (TPSA) is 80.9 Å². The first kappa shape index (κ1) is 17.2. The van der Waals surface area contributed by atoms with Gasteiger partial charge in [0.15, 0.2) is 0 Å². The number of likely N-dealkylation sites (tertiary alicyclic amines) is 1. The fourth-order valence-corrected chi connectivity index (χ4v) is 6.38. The summed E-state index contributed by atoms with van der Waals surface area (Å²) in [6.45, 7) is 6.44. The van der Waals surface area contributed by atoms with E-state index < -0.39 is 0 Å². The summed E-state index contributed by atoms with van der Waals surface area (Å²) in [4.78, 5) is 21.7. The predicted molar refractivity (Wildman–Crippen MR) is 98.7 cm³/mol. The Morgan fingerprint density at radius 2 is 1.86 bits per heavy atom. The van der Waals surface area contributed by atoms with Crippen LogP contribution in [0.2, 0.25) is 0 Å². The largest absolute Gasteiger partial charge is 0.461 e. The van der Waals surface area contributed by atoms with Crippen molar-refractivity contribution in [1.29, 1.82) is 0 Å². The van der Waals surface area contributed by atoms with Crippen LogP contribution in [-0.4, -0.2) is 72.0 Å². The first-order chi connectivity index (χ1) is 13.6. The van der Waals surface area contributed by atoms with Crippen molar-refractivity contribution in [2.75, 3.05) is 37.6 Å². The first-order valence-corrected chi connectivity index (χ1v) is 10.7. The van der Waals surface area contributed by atoms with Gasteiger partial charge in [-0.3, -0.25) is 9.69 Å². The second-order valence-electron chi connectivity index (χ2n) is 9.45. The maximum atomic E-state index is 12.8. The lowest BCUT2D eigenvalue weighted by molar-refractivity contribution is -0.150. The number of aromatic nitrogens is 2. The van der Waals surface area contributed by atoms with Gasteiger partial charge in [0.1, 0.15) is 6.10 Å². The SMILES string of the molecule is Cc1nc(N2CCC3(CC2)CC(CN2C[C@@H]4[C@H](C2)[C@H]2CC[C@@H]4O2)OC3=O)no1. The van der Waals surface area contributed by atoms with Gasteiger partial charge in [0.2, 0.25) is 5.89 Å². The Morgan fingerprint density at radius 3 is 2.50 bits per heavy atom. The summed E-state index contributed by atoms with van der Waals surface area (Å²) in [5.41, 5.74) is -0.322. The molecule has 1 aromatic heterocycles. The average Bonchev–Trinajstić information content (AvgIpc) is 3.46. The molecular weight excluding hydrogens is 360 g/mol. The molecule has 5 atom stereocenters. The van der Waals surface area contributed by atoms with Crippen LogP contribution in [0.25, 0.3) is 0 Å². The van der Waals surface area contributed by atoms with Crippen LogP contribution in [0.3, 0.4) is 0 Å². The Balaban J connectivity index is 1.07. The van der Waals surface area contributed by atoms with Gasteiger partial charge in [-0.05, 0) is 30.8 Å². The van der Waals surface area contributed by atoms with Crippen molar-refractivity contribution in [3.05, 3.63) is 5.89 Å². The highest BCUT2D eigenvalue weighted by Crippen LogP contribution is 2.48. The molecular formula is C20H28N4O4. The summed E-state index contributed by atoms with van der Waals surface area (Å²) in [6.07, 6.45) is 5.92. The van der Waals surface area contributed by atoms with Crippen LogP contribution < -0.4 is 4.90 Å². The quantitative estimate of drug-likeness (QED) is 0.719. The van der Waals surface area contributed by atoms with Crippen molar-refractivity contribution in [2.24, 2.45) is 17.3 Å². The van der Waals surface area contributed by atoms with Crippen LogP contribution in [0.5, 0.6) is 0 Å². The number of carbonyl (C=O) groups excluding carboxylic acids is 1. The smallest absolute Gasteiger partial charge is 0.312 e. The molecule has 5 saturated heterocycles. The molecule has 0 radical (unpaired) electrons.